The molecule has 0 aromatic carbocycles. The number of aliphatic hydroxyl groups is 1. The molecule has 0 aromatic heterocycles. The van der Waals surface area contributed by atoms with Crippen LogP contribution < -0.4 is 5.32 Å². The molecule has 1 rings (SSSR count). The summed E-state index contributed by atoms with van der Waals surface area (Å²) in [6, 6.07) is -0.0620. The molecule has 82 valence electrons. The van der Waals surface area contributed by atoms with Gasteiger partial charge in [0, 0.05) is 0 Å². The largest absolute Gasteiger partial charge is 0.391 e. The minimum Gasteiger partial charge on any atom is -0.391 e. The molecule has 1 amide bonds. The third-order valence-electron chi connectivity index (χ3n) is 2.59. The number of carbonyl (C=O) groups excluding carboxylic acids is 1. The standard InChI is InChI=1S/C10H18BrNO2/c1-10(2,11)9(14)12-7-5-3-4-6-8(7)13/h7-8,13H,3-6H2,1-2H3,(H,12,14)/t7-,8-/m0/s1. The Bertz CT molecular complexity index is 213. The van der Waals surface area contributed by atoms with Crippen molar-refractivity contribution in [3.05, 3.63) is 0 Å². The molecule has 2 N–H and O–H groups in total. The van der Waals surface area contributed by atoms with E-state index in [2.05, 4.69) is 21.2 Å². The van der Waals surface area contributed by atoms with E-state index in [9.17, 15) is 9.90 Å². The highest BCUT2D eigenvalue weighted by Gasteiger charge is 2.30. The normalized spacial score (nSPS) is 28.6. The average Bonchev–Trinajstić information content (AvgIpc) is 2.07. The van der Waals surface area contributed by atoms with Crippen LogP contribution in [0, 0.1) is 0 Å². The molecule has 0 bridgehead atoms. The quantitative estimate of drug-likeness (QED) is 0.744. The Morgan fingerprint density at radius 1 is 1.43 bits per heavy atom. The Balaban J connectivity index is 2.46. The maximum atomic E-state index is 11.6. The lowest BCUT2D eigenvalue weighted by molar-refractivity contribution is -0.124. The predicted molar refractivity (Wildman–Crippen MR) is 59.4 cm³/mol. The number of hydrogen-bond acceptors (Lipinski definition) is 2. The molecule has 0 heterocycles. The number of nitrogens with one attached hydrogen (secondary N) is 1. The van der Waals surface area contributed by atoms with Crippen molar-refractivity contribution in [1.82, 2.24) is 5.32 Å². The molecule has 4 heteroatoms. The second-order valence-electron chi connectivity index (χ2n) is 4.40. The van der Waals surface area contributed by atoms with E-state index in [-0.39, 0.29) is 18.1 Å². The summed E-state index contributed by atoms with van der Waals surface area (Å²) in [6.07, 6.45) is 3.46. The van der Waals surface area contributed by atoms with Crippen LogP contribution in [0.5, 0.6) is 0 Å². The molecule has 0 aromatic rings. The van der Waals surface area contributed by atoms with Crippen molar-refractivity contribution in [1.29, 1.82) is 0 Å². The first-order valence-electron chi connectivity index (χ1n) is 5.09. The third kappa shape index (κ3) is 3.24. The molecular formula is C10H18BrNO2. The van der Waals surface area contributed by atoms with Crippen LogP contribution in [-0.2, 0) is 4.79 Å². The summed E-state index contributed by atoms with van der Waals surface area (Å²) in [5.74, 6) is -0.0524. The van der Waals surface area contributed by atoms with E-state index in [0.717, 1.165) is 25.7 Å². The number of hydrogen-bond donors (Lipinski definition) is 2. The van der Waals surface area contributed by atoms with Crippen molar-refractivity contribution in [3.8, 4) is 0 Å². The van der Waals surface area contributed by atoms with E-state index in [1.165, 1.54) is 0 Å². The number of carbonyl (C=O) groups is 1. The topological polar surface area (TPSA) is 49.3 Å². The van der Waals surface area contributed by atoms with Gasteiger partial charge >= 0.3 is 0 Å². The number of alkyl halides is 1. The molecular weight excluding hydrogens is 246 g/mol. The molecule has 1 aliphatic rings. The minimum absolute atomic E-state index is 0.0524. The summed E-state index contributed by atoms with van der Waals surface area (Å²) in [4.78, 5) is 11.6. The number of rotatable bonds is 2. The van der Waals surface area contributed by atoms with Crippen molar-refractivity contribution in [3.63, 3.8) is 0 Å². The molecule has 0 spiro atoms. The van der Waals surface area contributed by atoms with Gasteiger partial charge in [0.15, 0.2) is 0 Å². The molecule has 1 aliphatic carbocycles. The van der Waals surface area contributed by atoms with Crippen molar-refractivity contribution in [2.45, 2.75) is 56.0 Å². The van der Waals surface area contributed by atoms with Crippen LogP contribution in [0.25, 0.3) is 0 Å². The first-order valence-corrected chi connectivity index (χ1v) is 5.88. The Hall–Kier alpha value is -0.0900. The zero-order chi connectivity index (χ0) is 10.8. The monoisotopic (exact) mass is 263 g/mol. The molecule has 0 aliphatic heterocycles. The molecule has 0 unspecified atom stereocenters. The molecule has 3 nitrogen and oxygen atoms in total. The molecule has 14 heavy (non-hydrogen) atoms. The average molecular weight is 264 g/mol. The van der Waals surface area contributed by atoms with Gasteiger partial charge in [0.1, 0.15) is 0 Å². The summed E-state index contributed by atoms with van der Waals surface area (Å²) in [6.45, 7) is 3.61. The van der Waals surface area contributed by atoms with Gasteiger partial charge in [-0.2, -0.15) is 0 Å². The smallest absolute Gasteiger partial charge is 0.236 e. The fourth-order valence-electron chi connectivity index (χ4n) is 1.62. The van der Waals surface area contributed by atoms with Gasteiger partial charge in [-0.25, -0.2) is 0 Å². The first kappa shape index (κ1) is 12.0. The summed E-state index contributed by atoms with van der Waals surface area (Å²) >= 11 is 3.30. The van der Waals surface area contributed by atoms with Crippen LogP contribution in [0.4, 0.5) is 0 Å². The second kappa shape index (κ2) is 4.62. The van der Waals surface area contributed by atoms with Crippen LogP contribution in [-0.4, -0.2) is 27.5 Å². The van der Waals surface area contributed by atoms with Gasteiger partial charge in [0.25, 0.3) is 0 Å². The Morgan fingerprint density at radius 2 is 2.00 bits per heavy atom. The number of amides is 1. The summed E-state index contributed by atoms with van der Waals surface area (Å²) in [5.41, 5.74) is 0. The highest BCUT2D eigenvalue weighted by molar-refractivity contribution is 9.10. The number of aliphatic hydroxyl groups excluding tert-OH is 1. The SMILES string of the molecule is CC(C)(Br)C(=O)N[C@H]1CCCC[C@@H]1O. The maximum absolute atomic E-state index is 11.6. The first-order chi connectivity index (χ1) is 6.41. The van der Waals surface area contributed by atoms with Crippen molar-refractivity contribution < 1.29 is 9.90 Å². The Kier molecular flexibility index (Phi) is 3.95. The van der Waals surface area contributed by atoms with Gasteiger partial charge in [-0.15, -0.1) is 0 Å². The van der Waals surface area contributed by atoms with Crippen molar-refractivity contribution >= 4 is 21.8 Å². The molecule has 2 atom stereocenters. The van der Waals surface area contributed by atoms with Crippen molar-refractivity contribution in [2.24, 2.45) is 0 Å². The second-order valence-corrected chi connectivity index (χ2v) is 6.39. The lowest BCUT2D eigenvalue weighted by atomic mass is 9.92. The van der Waals surface area contributed by atoms with Gasteiger partial charge in [-0.3, -0.25) is 4.79 Å². The lowest BCUT2D eigenvalue weighted by Crippen LogP contribution is -2.49. The minimum atomic E-state index is -0.551. The Morgan fingerprint density at radius 3 is 2.50 bits per heavy atom. The summed E-state index contributed by atoms with van der Waals surface area (Å²) in [5, 5.41) is 12.5. The Labute approximate surface area is 93.4 Å². The molecule has 0 saturated heterocycles. The van der Waals surface area contributed by atoms with E-state index < -0.39 is 4.32 Å². The van der Waals surface area contributed by atoms with E-state index in [1.807, 2.05) is 0 Å². The fourth-order valence-corrected chi connectivity index (χ4v) is 1.73. The van der Waals surface area contributed by atoms with E-state index in [4.69, 9.17) is 0 Å². The van der Waals surface area contributed by atoms with Crippen LogP contribution in [0.3, 0.4) is 0 Å². The van der Waals surface area contributed by atoms with Crippen molar-refractivity contribution in [2.75, 3.05) is 0 Å². The summed E-state index contributed by atoms with van der Waals surface area (Å²) in [7, 11) is 0. The third-order valence-corrected chi connectivity index (χ3v) is 2.95. The van der Waals surface area contributed by atoms with Gasteiger partial charge < -0.3 is 10.4 Å². The van der Waals surface area contributed by atoms with Gasteiger partial charge in [-0.1, -0.05) is 28.8 Å². The highest BCUT2D eigenvalue weighted by atomic mass is 79.9. The van der Waals surface area contributed by atoms with Crippen LogP contribution in [0.15, 0.2) is 0 Å². The van der Waals surface area contributed by atoms with Gasteiger partial charge in [-0.05, 0) is 26.7 Å². The zero-order valence-electron chi connectivity index (χ0n) is 8.72. The molecule has 1 saturated carbocycles. The predicted octanol–water partition coefficient (Wildman–Crippen LogP) is 1.58. The van der Waals surface area contributed by atoms with Crippen LogP contribution in [0.2, 0.25) is 0 Å². The zero-order valence-corrected chi connectivity index (χ0v) is 10.3. The lowest BCUT2D eigenvalue weighted by Gasteiger charge is -2.30. The van der Waals surface area contributed by atoms with Crippen LogP contribution >= 0.6 is 15.9 Å². The van der Waals surface area contributed by atoms with Crippen LogP contribution in [0.1, 0.15) is 39.5 Å². The van der Waals surface area contributed by atoms with Gasteiger partial charge in [0.05, 0.1) is 16.5 Å². The van der Waals surface area contributed by atoms with E-state index >= 15 is 0 Å². The van der Waals surface area contributed by atoms with Gasteiger partial charge in [0.2, 0.25) is 5.91 Å². The fraction of sp³-hybridized carbons (Fsp3) is 0.900. The van der Waals surface area contributed by atoms with E-state index in [1.54, 1.807) is 13.8 Å². The van der Waals surface area contributed by atoms with E-state index in [0.29, 0.717) is 0 Å². The summed E-state index contributed by atoms with van der Waals surface area (Å²) < 4.78 is -0.551. The highest BCUT2D eigenvalue weighted by Crippen LogP contribution is 2.21. The molecule has 1 fully saturated rings. The molecule has 0 radical (unpaired) electrons. The number of halogens is 1. The maximum Gasteiger partial charge on any atom is 0.236 e.